The van der Waals surface area contributed by atoms with Gasteiger partial charge in [0.2, 0.25) is 11.7 Å². The first kappa shape index (κ1) is 18.5. The zero-order valence-corrected chi connectivity index (χ0v) is 15.0. The minimum atomic E-state index is -4.34. The molecule has 2 aromatic heterocycles. The van der Waals surface area contributed by atoms with Gasteiger partial charge in [0, 0.05) is 35.8 Å². The average Bonchev–Trinajstić information content (AvgIpc) is 3.12. The van der Waals surface area contributed by atoms with Crippen LogP contribution in [0.3, 0.4) is 0 Å². The molecule has 8 heteroatoms. The number of hydrogen-bond donors (Lipinski definition) is 1. The molecule has 5 nitrogen and oxygen atoms in total. The molecule has 0 bridgehead atoms. The molecular weight excluding hydrogens is 369 g/mol. The standard InChI is InChI=1S/C20H19F3N4O/c21-20(22,23)16-5-2-1-4-15(16)18(28)25-14-8-6-13(7-9-14)17-12-27-11-3-10-24-19(27)26-17/h3,6-12,15-16H,1-2,4-5H2,(H,25,28)/t15-,16-/m1/s1. The van der Waals surface area contributed by atoms with Gasteiger partial charge in [0.15, 0.2) is 0 Å². The fourth-order valence-corrected chi connectivity index (χ4v) is 3.76. The first-order chi connectivity index (χ1) is 13.4. The number of hydrogen-bond acceptors (Lipinski definition) is 3. The molecule has 1 saturated carbocycles. The molecule has 1 aliphatic carbocycles. The molecule has 0 unspecified atom stereocenters. The first-order valence-corrected chi connectivity index (χ1v) is 9.19. The van der Waals surface area contributed by atoms with Crippen LogP contribution < -0.4 is 5.32 Å². The van der Waals surface area contributed by atoms with Crippen molar-refractivity contribution in [2.24, 2.45) is 11.8 Å². The van der Waals surface area contributed by atoms with Crippen molar-refractivity contribution in [3.8, 4) is 11.3 Å². The highest BCUT2D eigenvalue weighted by molar-refractivity contribution is 5.93. The molecule has 2 atom stereocenters. The number of benzene rings is 1. The summed E-state index contributed by atoms with van der Waals surface area (Å²) in [6, 6.07) is 8.71. The fourth-order valence-electron chi connectivity index (χ4n) is 3.76. The number of amides is 1. The summed E-state index contributed by atoms with van der Waals surface area (Å²) in [5, 5.41) is 2.64. The van der Waals surface area contributed by atoms with E-state index < -0.39 is 23.9 Å². The molecule has 0 aliphatic heterocycles. The average molecular weight is 388 g/mol. The van der Waals surface area contributed by atoms with Crippen LogP contribution in [0.5, 0.6) is 0 Å². The van der Waals surface area contributed by atoms with Gasteiger partial charge in [-0.2, -0.15) is 13.2 Å². The van der Waals surface area contributed by atoms with Gasteiger partial charge in [0.25, 0.3) is 0 Å². The quantitative estimate of drug-likeness (QED) is 0.707. The molecule has 146 valence electrons. The van der Waals surface area contributed by atoms with Crippen molar-refractivity contribution in [1.82, 2.24) is 14.4 Å². The molecule has 0 spiro atoms. The van der Waals surface area contributed by atoms with E-state index in [2.05, 4.69) is 15.3 Å². The van der Waals surface area contributed by atoms with Gasteiger partial charge in [-0.15, -0.1) is 0 Å². The number of anilines is 1. The van der Waals surface area contributed by atoms with E-state index in [1.54, 1.807) is 40.9 Å². The number of alkyl halides is 3. The third-order valence-electron chi connectivity index (χ3n) is 5.21. The summed E-state index contributed by atoms with van der Waals surface area (Å²) < 4.78 is 41.5. The van der Waals surface area contributed by atoms with Gasteiger partial charge in [-0.1, -0.05) is 25.0 Å². The summed E-state index contributed by atoms with van der Waals surface area (Å²) in [5.74, 6) is -2.58. The summed E-state index contributed by atoms with van der Waals surface area (Å²) in [6.45, 7) is 0. The van der Waals surface area contributed by atoms with E-state index in [1.807, 2.05) is 12.4 Å². The van der Waals surface area contributed by atoms with Crippen molar-refractivity contribution in [3.63, 3.8) is 0 Å². The molecule has 1 amide bonds. The second kappa shape index (κ2) is 7.26. The molecule has 1 aliphatic rings. The SMILES string of the molecule is O=C(Nc1ccc(-c2cn3cccnc3n2)cc1)[C@@H]1CCCC[C@H]1C(F)(F)F. The summed E-state index contributed by atoms with van der Waals surface area (Å²) in [5.41, 5.74) is 2.03. The molecule has 0 radical (unpaired) electrons. The van der Waals surface area contributed by atoms with Gasteiger partial charge < -0.3 is 5.32 Å². The molecule has 1 fully saturated rings. The maximum Gasteiger partial charge on any atom is 0.392 e. The van der Waals surface area contributed by atoms with Crippen LogP contribution in [0, 0.1) is 11.8 Å². The smallest absolute Gasteiger partial charge is 0.326 e. The third kappa shape index (κ3) is 3.72. The molecule has 2 heterocycles. The Labute approximate surface area is 159 Å². The zero-order valence-electron chi connectivity index (χ0n) is 15.0. The lowest BCUT2D eigenvalue weighted by Gasteiger charge is -2.32. The van der Waals surface area contributed by atoms with Crippen LogP contribution in [0.1, 0.15) is 25.7 Å². The summed E-state index contributed by atoms with van der Waals surface area (Å²) in [6.07, 6.45) is 2.43. The van der Waals surface area contributed by atoms with Crippen LogP contribution in [0.4, 0.5) is 18.9 Å². The number of nitrogens with one attached hydrogen (secondary N) is 1. The van der Waals surface area contributed by atoms with Gasteiger partial charge >= 0.3 is 6.18 Å². The molecule has 4 rings (SSSR count). The highest BCUT2D eigenvalue weighted by Crippen LogP contribution is 2.41. The van der Waals surface area contributed by atoms with E-state index in [0.29, 0.717) is 24.3 Å². The summed E-state index contributed by atoms with van der Waals surface area (Å²) in [7, 11) is 0. The number of carbonyl (C=O) groups is 1. The van der Waals surface area contributed by atoms with Crippen LogP contribution in [0.2, 0.25) is 0 Å². The molecule has 1 aromatic carbocycles. The Morgan fingerprint density at radius 1 is 1.14 bits per heavy atom. The molecule has 0 saturated heterocycles. The number of carbonyl (C=O) groups excluding carboxylic acids is 1. The number of rotatable bonds is 3. The van der Waals surface area contributed by atoms with Crippen molar-refractivity contribution in [2.75, 3.05) is 5.32 Å². The van der Waals surface area contributed by atoms with Crippen LogP contribution in [0.15, 0.2) is 48.9 Å². The van der Waals surface area contributed by atoms with Crippen molar-refractivity contribution in [3.05, 3.63) is 48.9 Å². The second-order valence-corrected chi connectivity index (χ2v) is 7.06. The highest BCUT2D eigenvalue weighted by atomic mass is 19.4. The summed E-state index contributed by atoms with van der Waals surface area (Å²) >= 11 is 0. The monoisotopic (exact) mass is 388 g/mol. The second-order valence-electron chi connectivity index (χ2n) is 7.06. The Hall–Kier alpha value is -2.90. The van der Waals surface area contributed by atoms with Gasteiger partial charge in [0.1, 0.15) is 0 Å². The molecule has 1 N–H and O–H groups in total. The first-order valence-electron chi connectivity index (χ1n) is 9.19. The third-order valence-corrected chi connectivity index (χ3v) is 5.21. The number of nitrogens with zero attached hydrogens (tertiary/aromatic N) is 3. The predicted octanol–water partition coefficient (Wildman–Crippen LogP) is 4.70. The van der Waals surface area contributed by atoms with Gasteiger partial charge in [-0.25, -0.2) is 9.97 Å². The number of halogens is 3. The van der Waals surface area contributed by atoms with E-state index in [9.17, 15) is 18.0 Å². The lowest BCUT2D eigenvalue weighted by atomic mass is 9.78. The topological polar surface area (TPSA) is 59.3 Å². The Bertz CT molecular complexity index is 948. The van der Waals surface area contributed by atoms with Crippen molar-refractivity contribution in [1.29, 1.82) is 0 Å². The van der Waals surface area contributed by atoms with Crippen LogP contribution >= 0.6 is 0 Å². The number of aromatic nitrogens is 3. The summed E-state index contributed by atoms with van der Waals surface area (Å²) in [4.78, 5) is 21.1. The Kier molecular flexibility index (Phi) is 4.78. The van der Waals surface area contributed by atoms with Crippen molar-refractivity contribution in [2.45, 2.75) is 31.9 Å². The van der Waals surface area contributed by atoms with Crippen molar-refractivity contribution < 1.29 is 18.0 Å². The van der Waals surface area contributed by atoms with E-state index >= 15 is 0 Å². The Morgan fingerprint density at radius 2 is 1.89 bits per heavy atom. The molecule has 3 aromatic rings. The van der Waals surface area contributed by atoms with E-state index in [1.165, 1.54) is 0 Å². The fraction of sp³-hybridized carbons (Fsp3) is 0.350. The van der Waals surface area contributed by atoms with E-state index in [4.69, 9.17) is 0 Å². The molecule has 28 heavy (non-hydrogen) atoms. The van der Waals surface area contributed by atoms with Crippen LogP contribution in [-0.2, 0) is 4.79 Å². The minimum Gasteiger partial charge on any atom is -0.326 e. The maximum absolute atomic E-state index is 13.2. The Morgan fingerprint density at radius 3 is 2.61 bits per heavy atom. The largest absolute Gasteiger partial charge is 0.392 e. The predicted molar refractivity (Wildman–Crippen MR) is 98.6 cm³/mol. The lowest BCUT2D eigenvalue weighted by molar-refractivity contribution is -0.197. The highest BCUT2D eigenvalue weighted by Gasteiger charge is 2.48. The maximum atomic E-state index is 13.2. The van der Waals surface area contributed by atoms with Crippen LogP contribution in [0.25, 0.3) is 17.0 Å². The number of fused-ring (bicyclic) bond motifs is 1. The molecular formula is C20H19F3N4O. The normalized spacial score (nSPS) is 20.2. The van der Waals surface area contributed by atoms with Gasteiger partial charge in [0.05, 0.1) is 11.6 Å². The van der Waals surface area contributed by atoms with Crippen molar-refractivity contribution >= 4 is 17.4 Å². The minimum absolute atomic E-state index is 0.0163. The van der Waals surface area contributed by atoms with E-state index in [-0.39, 0.29) is 12.8 Å². The zero-order chi connectivity index (χ0) is 19.7. The lowest BCUT2D eigenvalue weighted by Crippen LogP contribution is -2.39. The van der Waals surface area contributed by atoms with Gasteiger partial charge in [-0.3, -0.25) is 9.20 Å². The van der Waals surface area contributed by atoms with Crippen LogP contribution in [-0.4, -0.2) is 26.5 Å². The number of imidazole rings is 1. The Balaban J connectivity index is 1.48. The van der Waals surface area contributed by atoms with E-state index in [0.717, 1.165) is 11.3 Å². The van der Waals surface area contributed by atoms with Gasteiger partial charge in [-0.05, 0) is 31.0 Å².